The molecule has 5 nitrogen and oxygen atoms in total. The van der Waals surface area contributed by atoms with Gasteiger partial charge in [0.2, 0.25) is 0 Å². The van der Waals surface area contributed by atoms with Gasteiger partial charge in [0.05, 0.1) is 0 Å². The van der Waals surface area contributed by atoms with Crippen LogP contribution in [0.5, 0.6) is 0 Å². The first-order valence-electron chi connectivity index (χ1n) is 10.5. The second kappa shape index (κ2) is 11.7. The van der Waals surface area contributed by atoms with Gasteiger partial charge in [-0.05, 0) is 50.3 Å². The fraction of sp³-hybridized carbons (Fsp3) is 0.591. The van der Waals surface area contributed by atoms with Gasteiger partial charge in [-0.2, -0.15) is 0 Å². The number of guanidine groups is 1. The van der Waals surface area contributed by atoms with Crippen LogP contribution in [-0.2, 0) is 6.42 Å². The molecule has 0 saturated carbocycles. The van der Waals surface area contributed by atoms with Crippen molar-refractivity contribution in [3.63, 3.8) is 0 Å². The van der Waals surface area contributed by atoms with Crippen LogP contribution in [0, 0.1) is 6.92 Å². The quantitative estimate of drug-likeness (QED) is 0.307. The Bertz CT molecular complexity index is 746. The largest absolute Gasteiger partial charge is 0.361 e. The van der Waals surface area contributed by atoms with Crippen molar-refractivity contribution in [3.05, 3.63) is 35.5 Å². The van der Waals surface area contributed by atoms with Crippen molar-refractivity contribution < 1.29 is 0 Å². The number of hydrogen-bond donors (Lipinski definition) is 3. The SMILES string of the molecule is CCCCN1CCC(NC(=NC)NCCc2c[nH]c3c(C)cccc23)CC1.I. The number of aromatic amines is 1. The van der Waals surface area contributed by atoms with E-state index >= 15 is 0 Å². The minimum atomic E-state index is 0. The molecule has 1 aromatic heterocycles. The van der Waals surface area contributed by atoms with Crippen LogP contribution in [0.4, 0.5) is 0 Å². The number of fused-ring (bicyclic) bond motifs is 1. The molecule has 1 aromatic carbocycles. The Labute approximate surface area is 186 Å². The van der Waals surface area contributed by atoms with Gasteiger partial charge in [0.15, 0.2) is 5.96 Å². The molecular weight excluding hydrogens is 461 g/mol. The number of aliphatic imine (C=N–C) groups is 1. The van der Waals surface area contributed by atoms with Gasteiger partial charge in [0, 0.05) is 49.8 Å². The molecule has 0 radical (unpaired) electrons. The monoisotopic (exact) mass is 497 g/mol. The number of para-hydroxylation sites is 1. The molecule has 28 heavy (non-hydrogen) atoms. The van der Waals surface area contributed by atoms with E-state index in [-0.39, 0.29) is 24.0 Å². The molecule has 0 unspecified atom stereocenters. The first-order valence-corrected chi connectivity index (χ1v) is 10.5. The van der Waals surface area contributed by atoms with E-state index in [2.05, 4.69) is 63.8 Å². The highest BCUT2D eigenvalue weighted by molar-refractivity contribution is 14.0. The third-order valence-electron chi connectivity index (χ3n) is 5.68. The lowest BCUT2D eigenvalue weighted by atomic mass is 10.0. The number of rotatable bonds is 7. The van der Waals surface area contributed by atoms with E-state index in [1.165, 1.54) is 67.3 Å². The summed E-state index contributed by atoms with van der Waals surface area (Å²) in [6.45, 7) is 8.95. The van der Waals surface area contributed by atoms with Crippen LogP contribution in [0.3, 0.4) is 0 Å². The number of halogens is 1. The number of unbranched alkanes of at least 4 members (excludes halogenated alkanes) is 1. The number of nitrogens with one attached hydrogen (secondary N) is 3. The van der Waals surface area contributed by atoms with Crippen molar-refractivity contribution in [3.8, 4) is 0 Å². The Morgan fingerprint density at radius 3 is 2.79 bits per heavy atom. The molecule has 2 heterocycles. The summed E-state index contributed by atoms with van der Waals surface area (Å²) in [5.41, 5.74) is 3.92. The van der Waals surface area contributed by atoms with Gasteiger partial charge in [0.25, 0.3) is 0 Å². The zero-order valence-electron chi connectivity index (χ0n) is 17.6. The standard InChI is InChI=1S/C22H35N5.HI/c1-4-5-13-27-14-10-19(11-15-27)26-22(23-3)24-12-9-18-16-25-21-17(2)7-6-8-20(18)21;/h6-8,16,19,25H,4-5,9-15H2,1-3H3,(H2,23,24,26);1H. The third-order valence-corrected chi connectivity index (χ3v) is 5.68. The van der Waals surface area contributed by atoms with E-state index in [0.29, 0.717) is 6.04 Å². The fourth-order valence-corrected chi connectivity index (χ4v) is 3.96. The molecule has 1 aliphatic rings. The molecule has 0 atom stereocenters. The van der Waals surface area contributed by atoms with Gasteiger partial charge in [0.1, 0.15) is 0 Å². The Morgan fingerprint density at radius 2 is 2.07 bits per heavy atom. The average molecular weight is 497 g/mol. The number of aryl methyl sites for hydroxylation is 1. The van der Waals surface area contributed by atoms with Crippen LogP contribution in [0.15, 0.2) is 29.4 Å². The van der Waals surface area contributed by atoms with Crippen molar-refractivity contribution in [2.45, 2.75) is 52.0 Å². The van der Waals surface area contributed by atoms with Crippen LogP contribution in [0.1, 0.15) is 43.7 Å². The summed E-state index contributed by atoms with van der Waals surface area (Å²) in [6.07, 6.45) is 8.12. The number of aromatic nitrogens is 1. The molecule has 3 N–H and O–H groups in total. The maximum Gasteiger partial charge on any atom is 0.191 e. The average Bonchev–Trinajstić information content (AvgIpc) is 3.11. The summed E-state index contributed by atoms with van der Waals surface area (Å²) in [5, 5.41) is 8.44. The van der Waals surface area contributed by atoms with E-state index in [4.69, 9.17) is 0 Å². The Balaban J connectivity index is 0.00000280. The van der Waals surface area contributed by atoms with Crippen LogP contribution >= 0.6 is 24.0 Å². The zero-order chi connectivity index (χ0) is 19.1. The van der Waals surface area contributed by atoms with Crippen LogP contribution in [0.25, 0.3) is 10.9 Å². The minimum Gasteiger partial charge on any atom is -0.361 e. The molecule has 0 aliphatic carbocycles. The maximum absolute atomic E-state index is 4.42. The summed E-state index contributed by atoms with van der Waals surface area (Å²) >= 11 is 0. The molecule has 1 fully saturated rings. The number of piperidine rings is 1. The predicted molar refractivity (Wildman–Crippen MR) is 131 cm³/mol. The normalized spacial score (nSPS) is 16.2. The molecule has 3 rings (SSSR count). The van der Waals surface area contributed by atoms with Crippen molar-refractivity contribution in [2.75, 3.05) is 33.2 Å². The number of benzene rings is 1. The summed E-state index contributed by atoms with van der Waals surface area (Å²) in [5.74, 6) is 0.929. The molecule has 1 aliphatic heterocycles. The van der Waals surface area contributed by atoms with E-state index in [9.17, 15) is 0 Å². The Kier molecular flexibility index (Phi) is 9.58. The van der Waals surface area contributed by atoms with E-state index < -0.39 is 0 Å². The van der Waals surface area contributed by atoms with Gasteiger partial charge in [-0.1, -0.05) is 31.5 Å². The van der Waals surface area contributed by atoms with Crippen molar-refractivity contribution in [1.82, 2.24) is 20.5 Å². The number of nitrogens with zero attached hydrogens (tertiary/aromatic N) is 2. The molecule has 2 aromatic rings. The number of hydrogen-bond acceptors (Lipinski definition) is 2. The lowest BCUT2D eigenvalue weighted by Crippen LogP contribution is -2.49. The summed E-state index contributed by atoms with van der Waals surface area (Å²) in [6, 6.07) is 7.02. The van der Waals surface area contributed by atoms with Gasteiger partial charge >= 0.3 is 0 Å². The fourth-order valence-electron chi connectivity index (χ4n) is 3.96. The highest BCUT2D eigenvalue weighted by Gasteiger charge is 2.19. The van der Waals surface area contributed by atoms with E-state index in [1.54, 1.807) is 0 Å². The summed E-state index contributed by atoms with van der Waals surface area (Å²) < 4.78 is 0. The molecule has 0 amide bonds. The zero-order valence-corrected chi connectivity index (χ0v) is 19.9. The van der Waals surface area contributed by atoms with Crippen molar-refractivity contribution in [2.24, 2.45) is 4.99 Å². The summed E-state index contributed by atoms with van der Waals surface area (Å²) in [4.78, 5) is 10.4. The first-order chi connectivity index (χ1) is 13.2. The highest BCUT2D eigenvalue weighted by Crippen LogP contribution is 2.21. The lowest BCUT2D eigenvalue weighted by Gasteiger charge is -2.33. The van der Waals surface area contributed by atoms with Gasteiger partial charge in [-0.3, -0.25) is 4.99 Å². The smallest absolute Gasteiger partial charge is 0.191 e. The molecule has 0 bridgehead atoms. The van der Waals surface area contributed by atoms with E-state index in [0.717, 1.165) is 18.9 Å². The van der Waals surface area contributed by atoms with Gasteiger partial charge in [-0.15, -0.1) is 24.0 Å². The molecule has 6 heteroatoms. The first kappa shape index (κ1) is 23.0. The van der Waals surface area contributed by atoms with Gasteiger partial charge < -0.3 is 20.5 Å². The lowest BCUT2D eigenvalue weighted by molar-refractivity contribution is 0.203. The van der Waals surface area contributed by atoms with Crippen LogP contribution < -0.4 is 10.6 Å². The third kappa shape index (κ3) is 6.11. The second-order valence-electron chi connectivity index (χ2n) is 7.67. The van der Waals surface area contributed by atoms with Gasteiger partial charge in [-0.25, -0.2) is 0 Å². The second-order valence-corrected chi connectivity index (χ2v) is 7.67. The summed E-state index contributed by atoms with van der Waals surface area (Å²) in [7, 11) is 1.86. The molecule has 1 saturated heterocycles. The Morgan fingerprint density at radius 1 is 1.29 bits per heavy atom. The maximum atomic E-state index is 4.42. The van der Waals surface area contributed by atoms with Crippen molar-refractivity contribution in [1.29, 1.82) is 0 Å². The topological polar surface area (TPSA) is 55.4 Å². The predicted octanol–water partition coefficient (Wildman–Crippen LogP) is 4.07. The number of likely N-dealkylation sites (tertiary alicyclic amines) is 1. The molecule has 156 valence electrons. The number of H-pyrrole nitrogens is 1. The highest BCUT2D eigenvalue weighted by atomic mass is 127. The van der Waals surface area contributed by atoms with E-state index in [1.807, 2.05) is 7.05 Å². The minimum absolute atomic E-state index is 0. The molecule has 0 spiro atoms. The van der Waals surface area contributed by atoms with Crippen LogP contribution in [0.2, 0.25) is 0 Å². The van der Waals surface area contributed by atoms with Crippen molar-refractivity contribution >= 4 is 40.8 Å². The molecular formula is C22H36IN5. The van der Waals surface area contributed by atoms with Crippen LogP contribution in [-0.4, -0.2) is 55.1 Å². The Hall–Kier alpha value is -1.28.